The molecule has 1 aliphatic heterocycles. The van der Waals surface area contributed by atoms with Gasteiger partial charge in [-0.2, -0.15) is 0 Å². The van der Waals surface area contributed by atoms with E-state index in [2.05, 4.69) is 4.90 Å². The van der Waals surface area contributed by atoms with Crippen LogP contribution in [-0.4, -0.2) is 41.9 Å². The zero-order chi connectivity index (χ0) is 8.55. The summed E-state index contributed by atoms with van der Waals surface area (Å²) in [5, 5.41) is 9.10. The van der Waals surface area contributed by atoms with E-state index in [0.29, 0.717) is 12.6 Å². The number of hydrogen-bond donors (Lipinski definition) is 1. The second-order valence-corrected chi connectivity index (χ2v) is 4.02. The maximum absolute atomic E-state index is 12.0. The van der Waals surface area contributed by atoms with Gasteiger partial charge < -0.3 is 5.11 Å². The highest BCUT2D eigenvalue weighted by molar-refractivity contribution is 4.96. The fourth-order valence-corrected chi connectivity index (χ4v) is 2.54. The number of nitrogens with zero attached hydrogens (tertiary/aromatic N) is 1. The van der Waals surface area contributed by atoms with Crippen molar-refractivity contribution >= 4 is 0 Å². The Bertz CT molecular complexity index is 165. The Labute approximate surface area is 72.4 Å². The van der Waals surface area contributed by atoms with Gasteiger partial charge in [0.25, 0.3) is 0 Å². The van der Waals surface area contributed by atoms with E-state index < -0.39 is 12.8 Å². The van der Waals surface area contributed by atoms with Gasteiger partial charge in [0, 0.05) is 19.1 Å². The van der Waals surface area contributed by atoms with Crippen molar-refractivity contribution in [2.24, 2.45) is 5.92 Å². The first-order chi connectivity index (χ1) is 5.81. The van der Waals surface area contributed by atoms with Crippen molar-refractivity contribution in [1.29, 1.82) is 0 Å². The molecule has 70 valence electrons. The Kier molecular flexibility index (Phi) is 2.33. The van der Waals surface area contributed by atoms with Crippen LogP contribution in [0.15, 0.2) is 0 Å². The number of β-amino-alcohol motifs (C(OH)–C–C–N with tert-alkyl or cyclic N) is 1. The van der Waals surface area contributed by atoms with Crippen molar-refractivity contribution in [1.82, 2.24) is 4.90 Å². The van der Waals surface area contributed by atoms with Crippen LogP contribution in [0.5, 0.6) is 0 Å². The van der Waals surface area contributed by atoms with Gasteiger partial charge in [-0.3, -0.25) is 4.90 Å². The molecule has 0 amide bonds. The van der Waals surface area contributed by atoms with Crippen LogP contribution >= 0.6 is 0 Å². The van der Waals surface area contributed by atoms with Crippen LogP contribution in [0.3, 0.4) is 0 Å². The highest BCUT2D eigenvalue weighted by Gasteiger charge is 2.42. The van der Waals surface area contributed by atoms with Gasteiger partial charge in [-0.1, -0.05) is 6.42 Å². The molecule has 2 fully saturated rings. The van der Waals surface area contributed by atoms with E-state index in [1.807, 2.05) is 0 Å². The molecular formula is C9H16FNO. The quantitative estimate of drug-likeness (QED) is 0.682. The Morgan fingerprint density at radius 1 is 1.50 bits per heavy atom. The van der Waals surface area contributed by atoms with E-state index in [4.69, 9.17) is 5.11 Å². The van der Waals surface area contributed by atoms with Crippen molar-refractivity contribution in [2.75, 3.05) is 19.8 Å². The zero-order valence-corrected chi connectivity index (χ0v) is 7.25. The molecule has 1 heterocycles. The standard InChI is InChI=1S/C9H16FNO/c10-4-8(12)6-11-5-7-2-1-3-9(7)11/h7-9,12H,1-6H2. The molecule has 1 saturated carbocycles. The largest absolute Gasteiger partial charge is 0.389 e. The Morgan fingerprint density at radius 2 is 2.33 bits per heavy atom. The van der Waals surface area contributed by atoms with Gasteiger partial charge in [0.1, 0.15) is 6.67 Å². The third kappa shape index (κ3) is 1.36. The minimum absolute atomic E-state index is 0.539. The maximum atomic E-state index is 12.0. The zero-order valence-electron chi connectivity index (χ0n) is 7.25. The van der Waals surface area contributed by atoms with Gasteiger partial charge >= 0.3 is 0 Å². The summed E-state index contributed by atoms with van der Waals surface area (Å²) in [7, 11) is 0. The SMILES string of the molecule is OC(CF)CN1CC2CCCC21. The Balaban J connectivity index is 1.77. The van der Waals surface area contributed by atoms with Gasteiger partial charge in [-0.15, -0.1) is 0 Å². The lowest BCUT2D eigenvalue weighted by Crippen LogP contribution is -2.55. The first-order valence-electron chi connectivity index (χ1n) is 4.79. The van der Waals surface area contributed by atoms with Gasteiger partial charge in [0.05, 0.1) is 6.10 Å². The molecule has 3 heteroatoms. The monoisotopic (exact) mass is 173 g/mol. The molecule has 12 heavy (non-hydrogen) atoms. The highest BCUT2D eigenvalue weighted by atomic mass is 19.1. The van der Waals surface area contributed by atoms with Gasteiger partial charge in [0.15, 0.2) is 0 Å². The van der Waals surface area contributed by atoms with Crippen molar-refractivity contribution in [3.05, 3.63) is 0 Å². The Hall–Kier alpha value is -0.150. The summed E-state index contributed by atoms with van der Waals surface area (Å²) in [6, 6.07) is 0.672. The minimum Gasteiger partial charge on any atom is -0.389 e. The molecule has 0 radical (unpaired) electrons. The van der Waals surface area contributed by atoms with E-state index in [9.17, 15) is 4.39 Å². The Morgan fingerprint density at radius 3 is 3.00 bits per heavy atom. The van der Waals surface area contributed by atoms with E-state index in [1.54, 1.807) is 0 Å². The van der Waals surface area contributed by atoms with Crippen molar-refractivity contribution in [2.45, 2.75) is 31.4 Å². The van der Waals surface area contributed by atoms with Crippen LogP contribution in [-0.2, 0) is 0 Å². The molecule has 1 N–H and O–H groups in total. The molecule has 2 nitrogen and oxygen atoms in total. The molecule has 3 atom stereocenters. The number of likely N-dealkylation sites (tertiary alicyclic amines) is 1. The molecule has 0 spiro atoms. The summed E-state index contributed by atoms with van der Waals surface area (Å²) >= 11 is 0. The topological polar surface area (TPSA) is 23.5 Å². The normalized spacial score (nSPS) is 37.5. The van der Waals surface area contributed by atoms with E-state index in [-0.39, 0.29) is 0 Å². The molecule has 0 bridgehead atoms. The average Bonchev–Trinajstić information content (AvgIpc) is 2.42. The second-order valence-electron chi connectivity index (χ2n) is 4.02. The number of fused-ring (bicyclic) bond motifs is 1. The third-order valence-electron chi connectivity index (χ3n) is 3.18. The van der Waals surface area contributed by atoms with Crippen LogP contribution < -0.4 is 0 Å². The number of aliphatic hydroxyl groups is 1. The molecule has 0 aromatic carbocycles. The summed E-state index contributed by atoms with van der Waals surface area (Å²) in [6.07, 6.45) is 3.15. The molecule has 1 saturated heterocycles. The summed E-state index contributed by atoms with van der Waals surface area (Å²) < 4.78 is 12.0. The smallest absolute Gasteiger partial charge is 0.117 e. The average molecular weight is 173 g/mol. The molecule has 0 aromatic heterocycles. The minimum atomic E-state index is -0.758. The van der Waals surface area contributed by atoms with Crippen molar-refractivity contribution in [3.63, 3.8) is 0 Å². The molecular weight excluding hydrogens is 157 g/mol. The number of hydrogen-bond acceptors (Lipinski definition) is 2. The lowest BCUT2D eigenvalue weighted by Gasteiger charge is -2.45. The second kappa shape index (κ2) is 3.30. The fraction of sp³-hybridized carbons (Fsp3) is 1.00. The maximum Gasteiger partial charge on any atom is 0.117 e. The summed E-state index contributed by atoms with van der Waals surface area (Å²) in [4.78, 5) is 2.22. The lowest BCUT2D eigenvalue weighted by molar-refractivity contribution is -0.00891. The van der Waals surface area contributed by atoms with Crippen molar-refractivity contribution in [3.8, 4) is 0 Å². The predicted molar refractivity (Wildman–Crippen MR) is 44.7 cm³/mol. The van der Waals surface area contributed by atoms with E-state index in [1.165, 1.54) is 19.3 Å². The van der Waals surface area contributed by atoms with Gasteiger partial charge in [0.2, 0.25) is 0 Å². The predicted octanol–water partition coefficient (Wildman–Crippen LogP) is 0.801. The molecule has 1 aliphatic carbocycles. The molecule has 2 aliphatic rings. The number of aliphatic hydroxyl groups excluding tert-OH is 1. The first-order valence-corrected chi connectivity index (χ1v) is 4.79. The number of rotatable bonds is 3. The lowest BCUT2D eigenvalue weighted by atomic mass is 9.92. The molecule has 0 aromatic rings. The first kappa shape index (κ1) is 8.45. The van der Waals surface area contributed by atoms with Crippen molar-refractivity contribution < 1.29 is 9.50 Å². The van der Waals surface area contributed by atoms with E-state index >= 15 is 0 Å². The molecule has 3 unspecified atom stereocenters. The van der Waals surface area contributed by atoms with Gasteiger partial charge in [-0.05, 0) is 18.8 Å². The summed E-state index contributed by atoms with van der Waals surface area (Å²) in [6.45, 7) is 1.02. The van der Waals surface area contributed by atoms with E-state index in [0.717, 1.165) is 12.5 Å². The van der Waals surface area contributed by atoms with Crippen LogP contribution in [0.25, 0.3) is 0 Å². The van der Waals surface area contributed by atoms with Crippen LogP contribution in [0.1, 0.15) is 19.3 Å². The molecule has 2 rings (SSSR count). The summed E-state index contributed by atoms with van der Waals surface area (Å²) in [5.74, 6) is 0.858. The van der Waals surface area contributed by atoms with Crippen LogP contribution in [0.2, 0.25) is 0 Å². The van der Waals surface area contributed by atoms with Crippen LogP contribution in [0, 0.1) is 5.92 Å². The fourth-order valence-electron chi connectivity index (χ4n) is 2.54. The number of halogens is 1. The van der Waals surface area contributed by atoms with Crippen LogP contribution in [0.4, 0.5) is 4.39 Å². The summed E-state index contributed by atoms with van der Waals surface area (Å²) in [5.41, 5.74) is 0. The highest BCUT2D eigenvalue weighted by Crippen LogP contribution is 2.38. The number of alkyl halides is 1. The third-order valence-corrected chi connectivity index (χ3v) is 3.18. The van der Waals surface area contributed by atoms with Gasteiger partial charge in [-0.25, -0.2) is 4.39 Å².